The van der Waals surface area contributed by atoms with Gasteiger partial charge in [-0.05, 0) is 19.2 Å². The van der Waals surface area contributed by atoms with Gasteiger partial charge < -0.3 is 10.6 Å². The topological polar surface area (TPSA) is 36.4 Å². The van der Waals surface area contributed by atoms with Crippen LogP contribution < -0.4 is 10.6 Å². The average Bonchev–Trinajstić information content (AvgIpc) is 2.14. The highest BCUT2D eigenvalue weighted by Gasteiger charge is 1.98. The van der Waals surface area contributed by atoms with E-state index in [9.17, 15) is 0 Å². The molecule has 3 heteroatoms. The third-order valence-electron chi connectivity index (χ3n) is 1.76. The Morgan fingerprint density at radius 2 is 2.58 bits per heavy atom. The van der Waals surface area contributed by atoms with E-state index in [0.29, 0.717) is 0 Å². The molecule has 0 bridgehead atoms. The fraction of sp³-hybridized carbons (Fsp3) is 0.667. The molecule has 1 heterocycles. The van der Waals surface area contributed by atoms with Gasteiger partial charge in [-0.25, -0.2) is 0 Å². The molecule has 0 saturated heterocycles. The first-order valence-corrected chi connectivity index (χ1v) is 4.59. The molecule has 0 aromatic rings. The third kappa shape index (κ3) is 3.53. The fourth-order valence-electron chi connectivity index (χ4n) is 1.10. The quantitative estimate of drug-likeness (QED) is 0.610. The fourth-order valence-corrected chi connectivity index (χ4v) is 1.10. The zero-order valence-corrected chi connectivity index (χ0v) is 7.64. The predicted octanol–water partition coefficient (Wildman–Crippen LogP) is 0.891. The Kier molecular flexibility index (Phi) is 4.46. The summed E-state index contributed by atoms with van der Waals surface area (Å²) in [5.41, 5.74) is 0. The predicted molar refractivity (Wildman–Crippen MR) is 52.4 cm³/mol. The van der Waals surface area contributed by atoms with E-state index in [4.69, 9.17) is 0 Å². The number of hydrogen-bond donors (Lipinski definition) is 2. The Morgan fingerprint density at radius 3 is 3.25 bits per heavy atom. The molecule has 68 valence electrons. The average molecular weight is 167 g/mol. The van der Waals surface area contributed by atoms with Gasteiger partial charge in [0, 0.05) is 13.0 Å². The van der Waals surface area contributed by atoms with E-state index in [-0.39, 0.29) is 0 Å². The lowest BCUT2D eigenvalue weighted by Gasteiger charge is -2.09. The van der Waals surface area contributed by atoms with E-state index < -0.39 is 0 Å². The van der Waals surface area contributed by atoms with Crippen molar-refractivity contribution in [3.05, 3.63) is 12.3 Å². The largest absolute Gasteiger partial charge is 0.351 e. The van der Waals surface area contributed by atoms with Crippen molar-refractivity contribution >= 4 is 5.84 Å². The number of nitrogens with zero attached hydrogens (tertiary/aromatic N) is 1. The first kappa shape index (κ1) is 9.26. The molecule has 0 aliphatic carbocycles. The van der Waals surface area contributed by atoms with E-state index in [1.165, 1.54) is 0 Å². The number of aliphatic imine (C=N–C) groups is 1. The number of allylic oxidation sites excluding steroid dienone is 1. The molecule has 0 radical (unpaired) electrons. The molecule has 12 heavy (non-hydrogen) atoms. The molecule has 0 fully saturated rings. The van der Waals surface area contributed by atoms with Gasteiger partial charge in [-0.15, -0.1) is 0 Å². The number of likely N-dealkylation sites (N-methyl/N-ethyl adjacent to an activating group) is 1. The molecule has 1 aliphatic rings. The summed E-state index contributed by atoms with van der Waals surface area (Å²) in [7, 11) is 0. The van der Waals surface area contributed by atoms with Crippen molar-refractivity contribution in [2.24, 2.45) is 4.99 Å². The van der Waals surface area contributed by atoms with Gasteiger partial charge in [-0.2, -0.15) is 0 Å². The van der Waals surface area contributed by atoms with Gasteiger partial charge in [0.15, 0.2) is 0 Å². The maximum atomic E-state index is 4.41. The molecule has 1 aliphatic heterocycles. The molecule has 0 unspecified atom stereocenters. The smallest absolute Gasteiger partial charge is 0.101 e. The molecule has 0 atom stereocenters. The van der Waals surface area contributed by atoms with Gasteiger partial charge in [0.1, 0.15) is 5.84 Å². The summed E-state index contributed by atoms with van der Waals surface area (Å²) < 4.78 is 0. The second-order valence-corrected chi connectivity index (χ2v) is 2.77. The van der Waals surface area contributed by atoms with Gasteiger partial charge in [-0.3, -0.25) is 4.99 Å². The van der Waals surface area contributed by atoms with Gasteiger partial charge in [0.2, 0.25) is 0 Å². The highest BCUT2D eigenvalue weighted by molar-refractivity contribution is 5.83. The summed E-state index contributed by atoms with van der Waals surface area (Å²) in [4.78, 5) is 4.41. The zero-order chi connectivity index (χ0) is 8.65. The maximum absolute atomic E-state index is 4.41. The lowest BCUT2D eigenvalue weighted by atomic mass is 10.2. The van der Waals surface area contributed by atoms with Crippen LogP contribution in [0.15, 0.2) is 17.3 Å². The van der Waals surface area contributed by atoms with E-state index in [1.807, 2.05) is 6.20 Å². The molecule has 0 saturated carbocycles. The van der Waals surface area contributed by atoms with Crippen LogP contribution in [0.25, 0.3) is 0 Å². The van der Waals surface area contributed by atoms with E-state index >= 15 is 0 Å². The monoisotopic (exact) mass is 167 g/mol. The minimum absolute atomic E-state index is 0.879. The molecule has 3 nitrogen and oxygen atoms in total. The van der Waals surface area contributed by atoms with Crippen LogP contribution in [0, 0.1) is 0 Å². The second-order valence-electron chi connectivity index (χ2n) is 2.77. The highest BCUT2D eigenvalue weighted by atomic mass is 15.0. The Labute approximate surface area is 74.0 Å². The second kappa shape index (κ2) is 5.77. The van der Waals surface area contributed by atoms with Gasteiger partial charge in [-0.1, -0.05) is 13.0 Å². The Morgan fingerprint density at radius 1 is 1.67 bits per heavy atom. The van der Waals surface area contributed by atoms with Crippen molar-refractivity contribution < 1.29 is 0 Å². The summed E-state index contributed by atoms with van der Waals surface area (Å²) in [6, 6.07) is 0. The van der Waals surface area contributed by atoms with E-state index in [0.717, 1.165) is 38.3 Å². The standard InChI is InChI=1S/C9H17N3/c1-2-10-7-8-12-9-5-3-4-6-11-9/h4,6,10H,2-3,5,7-8H2,1H3,(H,11,12). The number of rotatable bonds is 4. The van der Waals surface area contributed by atoms with Crippen LogP contribution in [-0.4, -0.2) is 25.5 Å². The van der Waals surface area contributed by atoms with Crippen molar-refractivity contribution in [1.29, 1.82) is 0 Å². The van der Waals surface area contributed by atoms with Crippen LogP contribution in [0.4, 0.5) is 0 Å². The van der Waals surface area contributed by atoms with E-state index in [1.54, 1.807) is 0 Å². The molecule has 0 amide bonds. The van der Waals surface area contributed by atoms with Crippen molar-refractivity contribution in [2.75, 3.05) is 19.6 Å². The lowest BCUT2D eigenvalue weighted by molar-refractivity contribution is 0.722. The minimum atomic E-state index is 0.879. The summed E-state index contributed by atoms with van der Waals surface area (Å²) in [5, 5.41) is 6.37. The Hall–Kier alpha value is -0.830. The van der Waals surface area contributed by atoms with Crippen LogP contribution in [-0.2, 0) is 0 Å². The number of hydrogen-bond acceptors (Lipinski definition) is 2. The zero-order valence-electron chi connectivity index (χ0n) is 7.64. The SMILES string of the molecule is CCNCCN=C1CCC=CN1. The summed E-state index contributed by atoms with van der Waals surface area (Å²) in [5.74, 6) is 1.12. The highest BCUT2D eigenvalue weighted by Crippen LogP contribution is 1.97. The first-order valence-electron chi connectivity index (χ1n) is 4.59. The van der Waals surface area contributed by atoms with Crippen LogP contribution >= 0.6 is 0 Å². The van der Waals surface area contributed by atoms with Crippen molar-refractivity contribution in [2.45, 2.75) is 19.8 Å². The van der Waals surface area contributed by atoms with Crippen molar-refractivity contribution in [3.8, 4) is 0 Å². The van der Waals surface area contributed by atoms with E-state index in [2.05, 4.69) is 28.6 Å². The number of amidine groups is 1. The summed E-state index contributed by atoms with van der Waals surface area (Å²) >= 11 is 0. The van der Waals surface area contributed by atoms with Crippen molar-refractivity contribution in [3.63, 3.8) is 0 Å². The van der Waals surface area contributed by atoms with Crippen LogP contribution in [0.2, 0.25) is 0 Å². The van der Waals surface area contributed by atoms with Crippen LogP contribution in [0.3, 0.4) is 0 Å². The third-order valence-corrected chi connectivity index (χ3v) is 1.76. The van der Waals surface area contributed by atoms with Gasteiger partial charge in [0.25, 0.3) is 0 Å². The van der Waals surface area contributed by atoms with Crippen LogP contribution in [0.5, 0.6) is 0 Å². The van der Waals surface area contributed by atoms with Crippen LogP contribution in [0.1, 0.15) is 19.8 Å². The molecular weight excluding hydrogens is 150 g/mol. The van der Waals surface area contributed by atoms with Crippen molar-refractivity contribution in [1.82, 2.24) is 10.6 Å². The summed E-state index contributed by atoms with van der Waals surface area (Å²) in [6.45, 7) is 4.99. The van der Waals surface area contributed by atoms with Gasteiger partial charge in [0.05, 0.1) is 6.54 Å². The summed E-state index contributed by atoms with van der Waals surface area (Å²) in [6.07, 6.45) is 6.27. The lowest BCUT2D eigenvalue weighted by Crippen LogP contribution is -2.23. The Balaban J connectivity index is 2.13. The molecular formula is C9H17N3. The molecule has 0 spiro atoms. The first-order chi connectivity index (χ1) is 5.93. The molecule has 0 aromatic carbocycles. The minimum Gasteiger partial charge on any atom is -0.351 e. The Bertz CT molecular complexity index is 173. The molecule has 0 aromatic heterocycles. The maximum Gasteiger partial charge on any atom is 0.101 e. The molecule has 2 N–H and O–H groups in total. The number of nitrogens with one attached hydrogen (secondary N) is 2. The van der Waals surface area contributed by atoms with Gasteiger partial charge >= 0.3 is 0 Å². The normalized spacial score (nSPS) is 19.6. The molecule has 1 rings (SSSR count).